The molecule has 1 aromatic carbocycles. The van der Waals surface area contributed by atoms with Crippen LogP contribution in [0, 0.1) is 20.8 Å². The third-order valence-electron chi connectivity index (χ3n) is 2.82. The molecule has 5 heteroatoms. The van der Waals surface area contributed by atoms with Gasteiger partial charge in [-0.3, -0.25) is 4.79 Å². The molecule has 0 saturated heterocycles. The molecule has 0 aromatic heterocycles. The Morgan fingerprint density at radius 2 is 2.06 bits per heavy atom. The van der Waals surface area contributed by atoms with E-state index in [0.29, 0.717) is 5.56 Å². The van der Waals surface area contributed by atoms with Crippen molar-refractivity contribution in [2.45, 2.75) is 27.3 Å². The Labute approximate surface area is 93.9 Å². The third-order valence-corrected chi connectivity index (χ3v) is 2.82. The predicted molar refractivity (Wildman–Crippen MR) is 62.0 cm³/mol. The second-order valence-corrected chi connectivity index (χ2v) is 3.72. The molecular weight excluding hydrogens is 204 g/mol. The van der Waals surface area contributed by atoms with E-state index in [9.17, 15) is 4.79 Å². The molecule has 1 amide bonds. The Hall–Kier alpha value is -2.00. The lowest BCUT2D eigenvalue weighted by Gasteiger charge is -2.13. The van der Waals surface area contributed by atoms with E-state index in [1.807, 2.05) is 20.8 Å². The summed E-state index contributed by atoms with van der Waals surface area (Å²) in [4.78, 5) is 14.0. The topological polar surface area (TPSA) is 91.9 Å². The third kappa shape index (κ3) is 2.15. The van der Waals surface area contributed by atoms with Crippen LogP contribution in [-0.4, -0.2) is 5.91 Å². The Bertz CT molecular complexity index is 487. The monoisotopic (exact) mass is 218 g/mol. The number of amides is 1. The highest BCUT2D eigenvalue weighted by atomic mass is 16.1. The van der Waals surface area contributed by atoms with Crippen molar-refractivity contribution in [3.8, 4) is 0 Å². The van der Waals surface area contributed by atoms with Gasteiger partial charge in [-0.1, -0.05) is 5.11 Å². The lowest BCUT2D eigenvalue weighted by Crippen LogP contribution is -2.15. The number of nitrogens with zero attached hydrogens (tertiary/aromatic N) is 3. The van der Waals surface area contributed by atoms with Gasteiger partial charge in [0.15, 0.2) is 0 Å². The number of nitrogens with two attached hydrogens (primary N) is 1. The fourth-order valence-corrected chi connectivity index (χ4v) is 1.71. The van der Waals surface area contributed by atoms with E-state index in [4.69, 9.17) is 11.3 Å². The molecule has 0 atom stereocenters. The van der Waals surface area contributed by atoms with Crippen LogP contribution >= 0.6 is 0 Å². The molecule has 0 saturated carbocycles. The fourth-order valence-electron chi connectivity index (χ4n) is 1.71. The molecule has 0 aliphatic heterocycles. The first-order chi connectivity index (χ1) is 7.49. The molecule has 1 aromatic rings. The van der Waals surface area contributed by atoms with Gasteiger partial charge in [-0.05, 0) is 54.6 Å². The summed E-state index contributed by atoms with van der Waals surface area (Å²) in [6.45, 7) is 5.90. The Kier molecular flexibility index (Phi) is 3.53. The quantitative estimate of drug-likeness (QED) is 0.471. The smallest absolute Gasteiger partial charge is 0.248 e. The summed E-state index contributed by atoms with van der Waals surface area (Å²) in [5.41, 5.74) is 17.8. The molecule has 5 nitrogen and oxygen atoms in total. The number of hydrogen-bond donors (Lipinski definition) is 1. The summed E-state index contributed by atoms with van der Waals surface area (Å²) in [7, 11) is 0. The molecule has 0 bridgehead atoms. The summed E-state index contributed by atoms with van der Waals surface area (Å²) in [5.74, 6) is -0.456. The van der Waals surface area contributed by atoms with Crippen molar-refractivity contribution in [2.75, 3.05) is 0 Å². The van der Waals surface area contributed by atoms with Gasteiger partial charge in [-0.25, -0.2) is 0 Å². The number of rotatable bonds is 3. The largest absolute Gasteiger partial charge is 0.366 e. The van der Waals surface area contributed by atoms with Crippen LogP contribution in [0.3, 0.4) is 0 Å². The molecule has 84 valence electrons. The number of carbonyl (C=O) groups excluding carboxylic acids is 1. The lowest BCUT2D eigenvalue weighted by molar-refractivity contribution is 0.0999. The van der Waals surface area contributed by atoms with E-state index in [0.717, 1.165) is 22.3 Å². The first-order valence-electron chi connectivity index (χ1n) is 4.89. The van der Waals surface area contributed by atoms with E-state index in [2.05, 4.69) is 10.0 Å². The van der Waals surface area contributed by atoms with Crippen LogP contribution in [0.25, 0.3) is 10.4 Å². The zero-order valence-corrected chi connectivity index (χ0v) is 9.61. The summed E-state index contributed by atoms with van der Waals surface area (Å²) in [5, 5.41) is 3.53. The molecule has 2 N–H and O–H groups in total. The number of benzene rings is 1. The van der Waals surface area contributed by atoms with Crippen molar-refractivity contribution in [3.63, 3.8) is 0 Å². The maximum atomic E-state index is 11.2. The van der Waals surface area contributed by atoms with Gasteiger partial charge >= 0.3 is 0 Å². The van der Waals surface area contributed by atoms with Crippen LogP contribution in [0.1, 0.15) is 32.6 Å². The van der Waals surface area contributed by atoms with Gasteiger partial charge in [0, 0.05) is 10.5 Å². The molecule has 0 unspecified atom stereocenters. The van der Waals surface area contributed by atoms with E-state index < -0.39 is 5.91 Å². The summed E-state index contributed by atoms with van der Waals surface area (Å²) >= 11 is 0. The average Bonchev–Trinajstić information content (AvgIpc) is 2.23. The molecule has 16 heavy (non-hydrogen) atoms. The Morgan fingerprint density at radius 3 is 2.56 bits per heavy atom. The average molecular weight is 218 g/mol. The molecule has 0 aliphatic carbocycles. The second-order valence-electron chi connectivity index (χ2n) is 3.72. The van der Waals surface area contributed by atoms with Crippen LogP contribution in [-0.2, 0) is 6.54 Å². The molecule has 0 radical (unpaired) electrons. The Balaban J connectivity index is 3.44. The van der Waals surface area contributed by atoms with Crippen molar-refractivity contribution in [1.82, 2.24) is 0 Å². The highest BCUT2D eigenvalue weighted by molar-refractivity contribution is 5.95. The van der Waals surface area contributed by atoms with Gasteiger partial charge in [-0.2, -0.15) is 0 Å². The number of azide groups is 1. The molecule has 1 rings (SSSR count). The van der Waals surface area contributed by atoms with Crippen LogP contribution < -0.4 is 5.73 Å². The van der Waals surface area contributed by atoms with Crippen molar-refractivity contribution in [1.29, 1.82) is 0 Å². The van der Waals surface area contributed by atoms with E-state index in [1.54, 1.807) is 6.07 Å². The second kappa shape index (κ2) is 4.68. The normalized spacial score (nSPS) is 9.69. The SMILES string of the molecule is Cc1cc(C(N)=O)c(C)c(CN=[N+]=[N-])c1C. The summed E-state index contributed by atoms with van der Waals surface area (Å²) in [6, 6.07) is 1.77. The Morgan fingerprint density at radius 1 is 1.44 bits per heavy atom. The van der Waals surface area contributed by atoms with Gasteiger partial charge in [0.25, 0.3) is 0 Å². The van der Waals surface area contributed by atoms with Gasteiger partial charge in [0.2, 0.25) is 5.91 Å². The van der Waals surface area contributed by atoms with E-state index in [-0.39, 0.29) is 6.54 Å². The van der Waals surface area contributed by atoms with Crippen LogP contribution in [0.15, 0.2) is 11.2 Å². The number of primary amides is 1. The minimum Gasteiger partial charge on any atom is -0.366 e. The van der Waals surface area contributed by atoms with Gasteiger partial charge in [0.1, 0.15) is 0 Å². The maximum Gasteiger partial charge on any atom is 0.248 e. The minimum absolute atomic E-state index is 0.246. The lowest BCUT2D eigenvalue weighted by atomic mass is 9.93. The fraction of sp³-hybridized carbons (Fsp3) is 0.364. The van der Waals surface area contributed by atoms with Crippen molar-refractivity contribution in [2.24, 2.45) is 10.8 Å². The molecule has 0 spiro atoms. The van der Waals surface area contributed by atoms with E-state index >= 15 is 0 Å². The molecule has 0 heterocycles. The van der Waals surface area contributed by atoms with Gasteiger partial charge in [0.05, 0.1) is 6.54 Å². The first kappa shape index (κ1) is 12.1. The standard InChI is InChI=1S/C11H14N4O/c1-6-4-9(11(12)16)8(3)10(7(6)2)5-14-15-13/h4H,5H2,1-3H3,(H2,12,16). The highest BCUT2D eigenvalue weighted by Gasteiger charge is 2.12. The summed E-state index contributed by atoms with van der Waals surface area (Å²) in [6.07, 6.45) is 0. The number of carbonyl (C=O) groups is 1. The zero-order chi connectivity index (χ0) is 12.3. The highest BCUT2D eigenvalue weighted by Crippen LogP contribution is 2.22. The van der Waals surface area contributed by atoms with Gasteiger partial charge in [-0.15, -0.1) is 0 Å². The molecule has 0 fully saturated rings. The summed E-state index contributed by atoms with van der Waals surface area (Å²) < 4.78 is 0. The van der Waals surface area contributed by atoms with Crippen LogP contribution in [0.5, 0.6) is 0 Å². The molecule has 0 aliphatic rings. The van der Waals surface area contributed by atoms with Crippen LogP contribution in [0.4, 0.5) is 0 Å². The maximum absolute atomic E-state index is 11.2. The number of aryl methyl sites for hydroxylation is 1. The van der Waals surface area contributed by atoms with Crippen molar-refractivity contribution in [3.05, 3.63) is 44.3 Å². The zero-order valence-electron chi connectivity index (χ0n) is 9.61. The van der Waals surface area contributed by atoms with Gasteiger partial charge < -0.3 is 5.73 Å². The van der Waals surface area contributed by atoms with Crippen LogP contribution in [0.2, 0.25) is 0 Å². The van der Waals surface area contributed by atoms with Crippen molar-refractivity contribution < 1.29 is 4.79 Å². The minimum atomic E-state index is -0.456. The van der Waals surface area contributed by atoms with E-state index in [1.165, 1.54) is 0 Å². The first-order valence-corrected chi connectivity index (χ1v) is 4.89. The number of hydrogen-bond acceptors (Lipinski definition) is 2. The van der Waals surface area contributed by atoms with Crippen molar-refractivity contribution >= 4 is 5.91 Å². The predicted octanol–water partition coefficient (Wildman–Crippen LogP) is 2.52. The molecular formula is C11H14N4O.